The predicted molar refractivity (Wildman–Crippen MR) is 112 cm³/mol. The number of aromatic nitrogens is 2. The lowest BCUT2D eigenvalue weighted by atomic mass is 10.2. The second kappa shape index (κ2) is 8.83. The summed E-state index contributed by atoms with van der Waals surface area (Å²) in [5, 5.41) is 4.60. The van der Waals surface area contributed by atoms with Crippen molar-refractivity contribution >= 4 is 23.9 Å². The minimum absolute atomic E-state index is 0.233. The molecule has 1 saturated heterocycles. The van der Waals surface area contributed by atoms with Gasteiger partial charge in [0.05, 0.1) is 5.69 Å². The van der Waals surface area contributed by atoms with Gasteiger partial charge < -0.3 is 9.15 Å². The SMILES string of the molecule is Cc1ccc(-c2nn(-c3ccccc3)cc2/C=C/C(=O)OCC(=O)N2CCCC2=O)o1. The Bertz CT molecular complexity index is 1140. The molecule has 0 radical (unpaired) electrons. The maximum absolute atomic E-state index is 12.1. The van der Waals surface area contributed by atoms with Crippen LogP contribution in [-0.4, -0.2) is 45.6 Å². The van der Waals surface area contributed by atoms with Gasteiger partial charge in [-0.2, -0.15) is 5.10 Å². The molecule has 0 spiro atoms. The number of hydrogen-bond donors (Lipinski definition) is 0. The van der Waals surface area contributed by atoms with Crippen molar-refractivity contribution in [3.8, 4) is 17.1 Å². The molecule has 31 heavy (non-hydrogen) atoms. The van der Waals surface area contributed by atoms with Crippen LogP contribution in [0.4, 0.5) is 0 Å². The average molecular weight is 419 g/mol. The van der Waals surface area contributed by atoms with Crippen molar-refractivity contribution in [3.05, 3.63) is 66.1 Å². The molecule has 0 N–H and O–H groups in total. The molecule has 0 unspecified atom stereocenters. The number of ether oxygens (including phenoxy) is 1. The number of esters is 1. The van der Waals surface area contributed by atoms with Gasteiger partial charge in [0.15, 0.2) is 12.4 Å². The summed E-state index contributed by atoms with van der Waals surface area (Å²) in [6.45, 7) is 1.74. The van der Waals surface area contributed by atoms with Crippen LogP contribution in [0, 0.1) is 6.92 Å². The monoisotopic (exact) mass is 419 g/mol. The lowest BCUT2D eigenvalue weighted by molar-refractivity contribution is -0.151. The number of hydrogen-bond acceptors (Lipinski definition) is 6. The van der Waals surface area contributed by atoms with Crippen LogP contribution >= 0.6 is 0 Å². The number of likely N-dealkylation sites (tertiary alicyclic amines) is 1. The minimum atomic E-state index is -0.686. The van der Waals surface area contributed by atoms with Gasteiger partial charge in [-0.25, -0.2) is 9.48 Å². The van der Waals surface area contributed by atoms with E-state index in [-0.39, 0.29) is 5.91 Å². The molecule has 8 nitrogen and oxygen atoms in total. The first-order chi connectivity index (χ1) is 15.0. The van der Waals surface area contributed by atoms with Crippen molar-refractivity contribution in [1.29, 1.82) is 0 Å². The minimum Gasteiger partial charge on any atom is -0.460 e. The Hall–Kier alpha value is -3.94. The summed E-state index contributed by atoms with van der Waals surface area (Å²) in [6.07, 6.45) is 5.55. The number of nitrogens with zero attached hydrogens (tertiary/aromatic N) is 3. The van der Waals surface area contributed by atoms with E-state index < -0.39 is 18.5 Å². The normalized spacial score (nSPS) is 13.8. The first kappa shape index (κ1) is 20.3. The smallest absolute Gasteiger partial charge is 0.331 e. The third kappa shape index (κ3) is 4.63. The number of rotatable bonds is 6. The third-order valence-electron chi connectivity index (χ3n) is 4.85. The lowest BCUT2D eigenvalue weighted by Gasteiger charge is -2.12. The molecule has 0 aliphatic carbocycles. The van der Waals surface area contributed by atoms with Crippen molar-refractivity contribution in [2.75, 3.05) is 13.2 Å². The molecule has 1 aliphatic heterocycles. The van der Waals surface area contributed by atoms with E-state index in [9.17, 15) is 14.4 Å². The number of carbonyl (C=O) groups is 3. The molecule has 4 rings (SSSR count). The van der Waals surface area contributed by atoms with E-state index in [1.54, 1.807) is 17.0 Å². The van der Waals surface area contributed by atoms with Crippen LogP contribution in [-0.2, 0) is 19.1 Å². The molecule has 2 aromatic heterocycles. The molecule has 3 aromatic rings. The third-order valence-corrected chi connectivity index (χ3v) is 4.85. The highest BCUT2D eigenvalue weighted by molar-refractivity contribution is 5.98. The highest BCUT2D eigenvalue weighted by atomic mass is 16.5. The molecule has 1 aromatic carbocycles. The molecular formula is C23H21N3O5. The fraction of sp³-hybridized carbons (Fsp3) is 0.217. The topological polar surface area (TPSA) is 94.6 Å². The van der Waals surface area contributed by atoms with Gasteiger partial charge in [0.25, 0.3) is 5.91 Å². The van der Waals surface area contributed by atoms with Crippen LogP contribution < -0.4 is 0 Å². The molecule has 158 valence electrons. The highest BCUT2D eigenvalue weighted by Crippen LogP contribution is 2.26. The van der Waals surface area contributed by atoms with Crippen molar-refractivity contribution in [1.82, 2.24) is 14.7 Å². The fourth-order valence-electron chi connectivity index (χ4n) is 3.30. The second-order valence-corrected chi connectivity index (χ2v) is 7.11. The number of carbonyl (C=O) groups excluding carboxylic acids is 3. The molecule has 1 fully saturated rings. The number of amides is 2. The summed E-state index contributed by atoms with van der Waals surface area (Å²) < 4.78 is 12.4. The summed E-state index contributed by atoms with van der Waals surface area (Å²) in [4.78, 5) is 36.9. The van der Waals surface area contributed by atoms with Crippen LogP contribution in [0.15, 0.2) is 59.2 Å². The highest BCUT2D eigenvalue weighted by Gasteiger charge is 2.26. The zero-order chi connectivity index (χ0) is 21.8. The van der Waals surface area contributed by atoms with Gasteiger partial charge in [0.1, 0.15) is 11.5 Å². The molecule has 0 atom stereocenters. The molecular weight excluding hydrogens is 398 g/mol. The molecule has 0 bridgehead atoms. The molecule has 1 aliphatic rings. The first-order valence-corrected chi connectivity index (χ1v) is 9.91. The zero-order valence-corrected chi connectivity index (χ0v) is 17.0. The van der Waals surface area contributed by atoms with E-state index in [1.165, 1.54) is 6.08 Å². The molecule has 2 amide bonds. The number of furan rings is 1. The molecule has 0 saturated carbocycles. The predicted octanol–water partition coefficient (Wildman–Crippen LogP) is 3.15. The van der Waals surface area contributed by atoms with Gasteiger partial charge in [0.2, 0.25) is 5.91 Å². The van der Waals surface area contributed by atoms with Gasteiger partial charge in [-0.15, -0.1) is 0 Å². The number of aryl methyl sites for hydroxylation is 1. The summed E-state index contributed by atoms with van der Waals surface area (Å²) in [5.41, 5.74) is 2.08. The lowest BCUT2D eigenvalue weighted by Crippen LogP contribution is -2.35. The van der Waals surface area contributed by atoms with Gasteiger partial charge >= 0.3 is 5.97 Å². The summed E-state index contributed by atoms with van der Waals surface area (Å²) in [6, 6.07) is 13.2. The summed E-state index contributed by atoms with van der Waals surface area (Å²) >= 11 is 0. The summed E-state index contributed by atoms with van der Waals surface area (Å²) in [7, 11) is 0. The van der Waals surface area contributed by atoms with Crippen LogP contribution in [0.5, 0.6) is 0 Å². The van der Waals surface area contributed by atoms with E-state index in [2.05, 4.69) is 5.10 Å². The Morgan fingerprint density at radius 3 is 2.68 bits per heavy atom. The van der Waals surface area contributed by atoms with Crippen molar-refractivity contribution in [3.63, 3.8) is 0 Å². The summed E-state index contributed by atoms with van der Waals surface area (Å²) in [5.74, 6) is -0.110. The second-order valence-electron chi connectivity index (χ2n) is 7.11. The average Bonchev–Trinajstić information content (AvgIpc) is 3.50. The van der Waals surface area contributed by atoms with Crippen LogP contribution in [0.1, 0.15) is 24.2 Å². The number of benzene rings is 1. The van der Waals surface area contributed by atoms with Gasteiger partial charge in [-0.3, -0.25) is 14.5 Å². The first-order valence-electron chi connectivity index (χ1n) is 9.91. The number of para-hydroxylation sites is 1. The standard InChI is InChI=1S/C23H21N3O5/c1-16-9-11-19(31-16)23-17(14-26(24-23)18-6-3-2-4-7-18)10-12-22(29)30-15-21(28)25-13-5-8-20(25)27/h2-4,6-7,9-12,14H,5,8,13,15H2,1H3/b12-10+. The van der Waals surface area contributed by atoms with E-state index in [0.29, 0.717) is 36.4 Å². The van der Waals surface area contributed by atoms with Crippen LogP contribution in [0.2, 0.25) is 0 Å². The van der Waals surface area contributed by atoms with E-state index >= 15 is 0 Å². The van der Waals surface area contributed by atoms with E-state index in [4.69, 9.17) is 9.15 Å². The zero-order valence-electron chi connectivity index (χ0n) is 17.0. The van der Waals surface area contributed by atoms with Gasteiger partial charge in [0, 0.05) is 30.8 Å². The quantitative estimate of drug-likeness (QED) is 0.450. The van der Waals surface area contributed by atoms with Crippen molar-refractivity contribution in [2.45, 2.75) is 19.8 Å². The Morgan fingerprint density at radius 1 is 1.19 bits per heavy atom. The largest absolute Gasteiger partial charge is 0.460 e. The maximum atomic E-state index is 12.1. The molecule has 3 heterocycles. The van der Waals surface area contributed by atoms with E-state index in [1.807, 2.05) is 49.4 Å². The Labute approximate surface area is 178 Å². The Morgan fingerprint density at radius 2 is 2.00 bits per heavy atom. The van der Waals surface area contributed by atoms with Crippen LogP contribution in [0.25, 0.3) is 23.2 Å². The van der Waals surface area contributed by atoms with Gasteiger partial charge in [-0.05, 0) is 43.7 Å². The van der Waals surface area contributed by atoms with Crippen molar-refractivity contribution < 1.29 is 23.5 Å². The molecule has 8 heteroatoms. The van der Waals surface area contributed by atoms with Crippen LogP contribution in [0.3, 0.4) is 0 Å². The Kier molecular flexibility index (Phi) is 5.79. The van der Waals surface area contributed by atoms with E-state index in [0.717, 1.165) is 16.3 Å². The van der Waals surface area contributed by atoms with Crippen molar-refractivity contribution in [2.24, 2.45) is 0 Å². The fourth-order valence-corrected chi connectivity index (χ4v) is 3.30. The Balaban J connectivity index is 1.50. The van der Waals surface area contributed by atoms with Gasteiger partial charge in [-0.1, -0.05) is 18.2 Å². The number of imide groups is 1. The maximum Gasteiger partial charge on any atom is 0.331 e.